The molecule has 7 rings (SSSR count). The van der Waals surface area contributed by atoms with Gasteiger partial charge in [0.25, 0.3) is 8.32 Å². The zero-order chi connectivity index (χ0) is 50.3. The van der Waals surface area contributed by atoms with Gasteiger partial charge >= 0.3 is 6.09 Å². The van der Waals surface area contributed by atoms with Crippen LogP contribution in [0, 0.1) is 6.92 Å². The maximum Gasteiger partial charge on any atom is 0.405 e. The molecular formula is C60H66N4O6Si. The second-order valence-corrected chi connectivity index (χ2v) is 23.3. The fourth-order valence-corrected chi connectivity index (χ4v) is 14.1. The predicted octanol–water partition coefficient (Wildman–Crippen LogP) is 10.1. The first-order chi connectivity index (χ1) is 34.3. The Morgan fingerprint density at radius 1 is 0.592 bits per heavy atom. The fourth-order valence-electron chi connectivity index (χ4n) is 9.59. The Bertz CT molecular complexity index is 2710. The van der Waals surface area contributed by atoms with Gasteiger partial charge in [0.15, 0.2) is 0 Å². The molecule has 7 aromatic carbocycles. The van der Waals surface area contributed by atoms with Crippen molar-refractivity contribution in [2.45, 2.75) is 82.6 Å². The van der Waals surface area contributed by atoms with Crippen molar-refractivity contribution >= 4 is 42.3 Å². The third-order valence-electron chi connectivity index (χ3n) is 13.1. The van der Waals surface area contributed by atoms with E-state index in [4.69, 9.17) is 9.16 Å². The van der Waals surface area contributed by atoms with E-state index in [0.717, 1.165) is 33.4 Å². The van der Waals surface area contributed by atoms with E-state index < -0.39 is 43.8 Å². The van der Waals surface area contributed by atoms with Crippen LogP contribution in [0.4, 0.5) is 10.5 Å². The van der Waals surface area contributed by atoms with E-state index >= 15 is 0 Å². The highest BCUT2D eigenvalue weighted by molar-refractivity contribution is 6.99. The van der Waals surface area contributed by atoms with E-state index in [2.05, 4.69) is 146 Å². The molecule has 0 spiro atoms. The monoisotopic (exact) mass is 966 g/mol. The lowest BCUT2D eigenvalue weighted by molar-refractivity contribution is -0.128. The number of hydrogen-bond acceptors (Lipinski definition) is 6. The van der Waals surface area contributed by atoms with Crippen LogP contribution >= 0.6 is 0 Å². The molecule has 0 aliphatic heterocycles. The van der Waals surface area contributed by atoms with E-state index in [-0.39, 0.29) is 17.9 Å². The molecule has 0 aliphatic carbocycles. The second-order valence-electron chi connectivity index (χ2n) is 19.0. The minimum Gasteiger partial charge on any atom is -0.495 e. The molecule has 0 aromatic heterocycles. The topological polar surface area (TPSA) is 138 Å². The number of carbonyl (C=O) groups is 3. The van der Waals surface area contributed by atoms with Crippen LogP contribution in [-0.2, 0) is 32.6 Å². The minimum atomic E-state index is -2.86. The average molecular weight is 967 g/mol. The highest BCUT2D eigenvalue weighted by atomic mass is 28.4. The van der Waals surface area contributed by atoms with Crippen LogP contribution in [0.15, 0.2) is 194 Å². The third kappa shape index (κ3) is 12.5. The quantitative estimate of drug-likeness (QED) is 0.0259. The number of aryl methyl sites for hydroxylation is 1. The number of carboxylic acid groups (broad SMARTS) is 1. The molecule has 366 valence electrons. The van der Waals surface area contributed by atoms with Gasteiger partial charge in [0.1, 0.15) is 17.8 Å². The zero-order valence-corrected chi connectivity index (χ0v) is 42.4. The first kappa shape index (κ1) is 51.5. The summed E-state index contributed by atoms with van der Waals surface area (Å²) in [6.07, 6.45) is 0.223. The standard InChI is InChI=1S/C60H66N4O6Si/c1-44-34-37-49(38-35-44)60(47-25-13-7-14-26-47,48-27-15-8-16-28-48)61-40-22-21-33-53(63-57(66)54(64-58(67)68)41-45-23-11-6-12-24-45)56(65)62-52-39-36-46(42-55(52)69-5)43-70-71(59(2,3)4,50-29-17-9-18-30-50)51-31-19-10-20-32-51/h6-20,23-32,34-39,42,53-54,61,64H,21-22,33,40-41,43H2,1-5H3,(H,62,65)(H,63,66)(H,67,68)/t53-,54-/m0/s1. The molecule has 71 heavy (non-hydrogen) atoms. The SMILES string of the molecule is COc1cc(CO[Si](c2ccccc2)(c2ccccc2)C(C)(C)C)ccc1NC(=O)[C@H](CCCCNC(c1ccccc1)(c1ccccc1)c1ccc(C)cc1)NC(=O)[C@H](Cc1ccccc1)NC(=O)O. The number of amides is 3. The first-order valence-corrected chi connectivity index (χ1v) is 26.2. The van der Waals surface area contributed by atoms with E-state index in [0.29, 0.717) is 37.4 Å². The predicted molar refractivity (Wildman–Crippen MR) is 287 cm³/mol. The molecule has 0 unspecified atom stereocenters. The van der Waals surface area contributed by atoms with Gasteiger partial charge in [-0.2, -0.15) is 0 Å². The van der Waals surface area contributed by atoms with Crippen molar-refractivity contribution in [3.05, 3.63) is 228 Å². The van der Waals surface area contributed by atoms with Crippen LogP contribution in [0.5, 0.6) is 5.75 Å². The van der Waals surface area contributed by atoms with Crippen LogP contribution in [-0.4, -0.2) is 57.1 Å². The Labute approximate surface area is 420 Å². The molecule has 11 heteroatoms. The van der Waals surface area contributed by atoms with Gasteiger partial charge in [-0.3, -0.25) is 14.9 Å². The molecule has 0 saturated heterocycles. The van der Waals surface area contributed by atoms with Crippen molar-refractivity contribution in [3.63, 3.8) is 0 Å². The second kappa shape index (κ2) is 24.0. The number of nitrogens with one attached hydrogen (secondary N) is 4. The molecular weight excluding hydrogens is 901 g/mol. The third-order valence-corrected chi connectivity index (χ3v) is 18.1. The average Bonchev–Trinajstić information content (AvgIpc) is 3.38. The molecule has 0 bridgehead atoms. The van der Waals surface area contributed by atoms with Gasteiger partial charge in [-0.15, -0.1) is 0 Å². The van der Waals surface area contributed by atoms with Gasteiger partial charge < -0.3 is 30.2 Å². The van der Waals surface area contributed by atoms with Gasteiger partial charge in [0.05, 0.1) is 24.9 Å². The highest BCUT2D eigenvalue weighted by Gasteiger charge is 2.50. The van der Waals surface area contributed by atoms with Gasteiger partial charge in [0.2, 0.25) is 11.8 Å². The van der Waals surface area contributed by atoms with Gasteiger partial charge in [-0.05, 0) is 88.1 Å². The van der Waals surface area contributed by atoms with Crippen molar-refractivity contribution in [3.8, 4) is 5.75 Å². The van der Waals surface area contributed by atoms with Crippen molar-refractivity contribution in [1.29, 1.82) is 0 Å². The number of ether oxygens (including phenoxy) is 1. The van der Waals surface area contributed by atoms with Crippen molar-refractivity contribution in [2.24, 2.45) is 0 Å². The molecule has 0 saturated carbocycles. The van der Waals surface area contributed by atoms with E-state index in [1.807, 2.05) is 91.0 Å². The van der Waals surface area contributed by atoms with Crippen LogP contribution < -0.4 is 36.4 Å². The number of anilines is 1. The lowest BCUT2D eigenvalue weighted by Gasteiger charge is -2.43. The lowest BCUT2D eigenvalue weighted by atomic mass is 9.76. The summed E-state index contributed by atoms with van der Waals surface area (Å²) in [5, 5.41) is 24.2. The summed E-state index contributed by atoms with van der Waals surface area (Å²) in [5.41, 5.74) is 5.80. The number of unbranched alkanes of at least 4 members (excludes halogenated alkanes) is 1. The Kier molecular flexibility index (Phi) is 17.4. The molecule has 2 atom stereocenters. The Hall–Kier alpha value is -7.31. The molecule has 0 aliphatic rings. The van der Waals surface area contributed by atoms with Crippen molar-refractivity contribution in [1.82, 2.24) is 16.0 Å². The molecule has 5 N–H and O–H groups in total. The van der Waals surface area contributed by atoms with Crippen LogP contribution in [0.3, 0.4) is 0 Å². The molecule has 0 radical (unpaired) electrons. The van der Waals surface area contributed by atoms with Gasteiger partial charge in [-0.1, -0.05) is 208 Å². The minimum absolute atomic E-state index is 0.0998. The number of methoxy groups -OCH3 is 1. The molecule has 0 heterocycles. The number of rotatable bonds is 22. The van der Waals surface area contributed by atoms with Crippen molar-refractivity contribution in [2.75, 3.05) is 19.0 Å². The van der Waals surface area contributed by atoms with Crippen LogP contribution in [0.2, 0.25) is 5.04 Å². The summed E-state index contributed by atoms with van der Waals surface area (Å²) in [6.45, 7) is 9.65. The molecule has 7 aromatic rings. The summed E-state index contributed by atoms with van der Waals surface area (Å²) in [7, 11) is -1.30. The van der Waals surface area contributed by atoms with E-state index in [1.54, 1.807) is 13.2 Å². The van der Waals surface area contributed by atoms with E-state index in [9.17, 15) is 19.5 Å². The highest BCUT2D eigenvalue weighted by Crippen LogP contribution is 2.39. The normalized spacial score (nSPS) is 12.6. The van der Waals surface area contributed by atoms with Gasteiger partial charge in [-0.25, -0.2) is 4.79 Å². The van der Waals surface area contributed by atoms with Crippen molar-refractivity contribution < 1.29 is 28.7 Å². The summed E-state index contributed by atoms with van der Waals surface area (Å²) in [4.78, 5) is 40.6. The summed E-state index contributed by atoms with van der Waals surface area (Å²) in [5.74, 6) is -0.638. The zero-order valence-electron chi connectivity index (χ0n) is 41.4. The maximum absolute atomic E-state index is 14.5. The Morgan fingerprint density at radius 3 is 1.63 bits per heavy atom. The van der Waals surface area contributed by atoms with E-state index in [1.165, 1.54) is 10.4 Å². The lowest BCUT2D eigenvalue weighted by Crippen LogP contribution is -2.66. The fraction of sp³-hybridized carbons (Fsp3) is 0.250. The van der Waals surface area contributed by atoms with Crippen LogP contribution in [0.25, 0.3) is 0 Å². The summed E-state index contributed by atoms with van der Waals surface area (Å²) in [6, 6.07) is 62.9. The maximum atomic E-state index is 14.5. The molecule has 0 fully saturated rings. The van der Waals surface area contributed by atoms with Crippen LogP contribution in [0.1, 0.15) is 73.4 Å². The Morgan fingerprint density at radius 2 is 1.11 bits per heavy atom. The smallest absolute Gasteiger partial charge is 0.405 e. The molecule has 3 amide bonds. The Balaban J connectivity index is 1.13. The number of carbonyl (C=O) groups excluding carboxylic acids is 2. The molecule has 10 nitrogen and oxygen atoms in total. The summed E-state index contributed by atoms with van der Waals surface area (Å²) < 4.78 is 13.1. The number of hydrogen-bond donors (Lipinski definition) is 5. The summed E-state index contributed by atoms with van der Waals surface area (Å²) >= 11 is 0. The first-order valence-electron chi connectivity index (χ1n) is 24.3. The number of benzene rings is 7. The largest absolute Gasteiger partial charge is 0.495 e. The van der Waals surface area contributed by atoms with Gasteiger partial charge in [0, 0.05) is 6.42 Å².